The van der Waals surface area contributed by atoms with Gasteiger partial charge in [-0.3, -0.25) is 4.79 Å². The molecule has 0 fully saturated rings. The van der Waals surface area contributed by atoms with E-state index in [1.807, 2.05) is 42.5 Å². The summed E-state index contributed by atoms with van der Waals surface area (Å²) in [5, 5.41) is 6.77. The monoisotopic (exact) mass is 274 g/mol. The number of benzene rings is 2. The molecule has 0 bridgehead atoms. The van der Waals surface area contributed by atoms with Gasteiger partial charge in [-0.1, -0.05) is 29.8 Å². The van der Waals surface area contributed by atoms with E-state index < -0.39 is 0 Å². The Hall–Kier alpha value is -2.00. The summed E-state index contributed by atoms with van der Waals surface area (Å²) in [5.41, 5.74) is 1.66. The van der Waals surface area contributed by atoms with Crippen molar-refractivity contribution in [2.45, 2.75) is 0 Å². The molecule has 0 aliphatic rings. The molecule has 0 spiro atoms. The third-order valence-electron chi connectivity index (χ3n) is 2.62. The molecule has 0 saturated carbocycles. The number of anilines is 1. The van der Waals surface area contributed by atoms with Crippen molar-refractivity contribution in [2.75, 3.05) is 18.4 Å². The van der Waals surface area contributed by atoms with Gasteiger partial charge in [-0.15, -0.1) is 0 Å². The van der Waals surface area contributed by atoms with E-state index >= 15 is 0 Å². The Balaban J connectivity index is 1.72. The van der Waals surface area contributed by atoms with E-state index in [2.05, 4.69) is 10.6 Å². The molecule has 1 amide bonds. The predicted octanol–water partition coefficient (Wildman–Crippen LogP) is 3.18. The maximum absolute atomic E-state index is 11.7. The van der Waals surface area contributed by atoms with Crippen LogP contribution in [0, 0.1) is 0 Å². The summed E-state index contributed by atoms with van der Waals surface area (Å²) in [4.78, 5) is 11.7. The van der Waals surface area contributed by atoms with Gasteiger partial charge in [-0.05, 0) is 36.4 Å². The van der Waals surface area contributed by atoms with E-state index in [4.69, 9.17) is 11.6 Å². The van der Waals surface area contributed by atoms with Crippen molar-refractivity contribution in [1.82, 2.24) is 5.32 Å². The lowest BCUT2D eigenvalue weighted by atomic mass is 10.2. The predicted molar refractivity (Wildman–Crippen MR) is 78.7 cm³/mol. The highest BCUT2D eigenvalue weighted by atomic mass is 35.5. The number of rotatable bonds is 5. The molecule has 0 saturated heterocycles. The quantitative estimate of drug-likeness (QED) is 0.822. The Labute approximate surface area is 117 Å². The molecule has 0 atom stereocenters. The van der Waals surface area contributed by atoms with Crippen LogP contribution in [0.5, 0.6) is 0 Å². The van der Waals surface area contributed by atoms with Crippen LogP contribution in [-0.4, -0.2) is 19.0 Å². The zero-order valence-corrected chi connectivity index (χ0v) is 11.2. The van der Waals surface area contributed by atoms with Crippen molar-refractivity contribution >= 4 is 23.2 Å². The highest BCUT2D eigenvalue weighted by Crippen LogP contribution is 2.12. The van der Waals surface area contributed by atoms with Gasteiger partial charge in [-0.25, -0.2) is 0 Å². The molecule has 19 heavy (non-hydrogen) atoms. The van der Waals surface area contributed by atoms with E-state index in [1.165, 1.54) is 0 Å². The van der Waals surface area contributed by atoms with Gasteiger partial charge in [0.25, 0.3) is 5.91 Å². The lowest BCUT2D eigenvalue weighted by Gasteiger charge is -2.08. The Bertz CT molecular complexity index is 526. The Morgan fingerprint density at radius 2 is 1.63 bits per heavy atom. The van der Waals surface area contributed by atoms with Crippen molar-refractivity contribution in [3.05, 3.63) is 65.2 Å². The lowest BCUT2D eigenvalue weighted by molar-refractivity contribution is 0.0955. The molecule has 0 aliphatic heterocycles. The van der Waals surface area contributed by atoms with Gasteiger partial charge in [0.15, 0.2) is 0 Å². The smallest absolute Gasteiger partial charge is 0.251 e. The van der Waals surface area contributed by atoms with Crippen LogP contribution in [0.15, 0.2) is 54.6 Å². The third kappa shape index (κ3) is 4.30. The minimum atomic E-state index is -0.0569. The second-order valence-electron chi connectivity index (χ2n) is 4.06. The maximum Gasteiger partial charge on any atom is 0.251 e. The van der Waals surface area contributed by atoms with Crippen molar-refractivity contribution in [3.63, 3.8) is 0 Å². The number of carbonyl (C=O) groups is 1. The van der Waals surface area contributed by atoms with Gasteiger partial charge in [-0.2, -0.15) is 0 Å². The minimum Gasteiger partial charge on any atom is -0.383 e. The van der Waals surface area contributed by atoms with Gasteiger partial charge in [0.05, 0.1) is 0 Å². The lowest BCUT2D eigenvalue weighted by Crippen LogP contribution is -2.28. The molecule has 2 N–H and O–H groups in total. The van der Waals surface area contributed by atoms with Crippen LogP contribution < -0.4 is 10.6 Å². The zero-order valence-electron chi connectivity index (χ0n) is 10.4. The molecule has 0 heterocycles. The van der Waals surface area contributed by atoms with Crippen molar-refractivity contribution in [3.8, 4) is 0 Å². The summed E-state index contributed by atoms with van der Waals surface area (Å²) in [6, 6.07) is 16.6. The largest absolute Gasteiger partial charge is 0.383 e. The summed E-state index contributed by atoms with van der Waals surface area (Å²) >= 11 is 5.80. The van der Waals surface area contributed by atoms with Crippen molar-refractivity contribution in [1.29, 1.82) is 0 Å². The molecule has 0 radical (unpaired) electrons. The van der Waals surface area contributed by atoms with E-state index in [9.17, 15) is 4.79 Å². The van der Waals surface area contributed by atoms with Gasteiger partial charge in [0, 0.05) is 29.4 Å². The number of hydrogen-bond donors (Lipinski definition) is 2. The molecule has 98 valence electrons. The first-order chi connectivity index (χ1) is 9.25. The number of nitrogens with one attached hydrogen (secondary N) is 2. The topological polar surface area (TPSA) is 41.1 Å². The minimum absolute atomic E-state index is 0.0569. The summed E-state index contributed by atoms with van der Waals surface area (Å²) in [5.74, 6) is -0.0569. The molecule has 2 rings (SSSR count). The summed E-state index contributed by atoms with van der Waals surface area (Å²) < 4.78 is 0. The summed E-state index contributed by atoms with van der Waals surface area (Å²) in [6.07, 6.45) is 0. The first-order valence-corrected chi connectivity index (χ1v) is 6.46. The number of halogens is 1. The van der Waals surface area contributed by atoms with Gasteiger partial charge < -0.3 is 10.6 Å². The highest BCUT2D eigenvalue weighted by Gasteiger charge is 2.02. The third-order valence-corrected chi connectivity index (χ3v) is 2.87. The molecular formula is C15H15ClN2O. The second-order valence-corrected chi connectivity index (χ2v) is 4.49. The van der Waals surface area contributed by atoms with Crippen LogP contribution in [0.4, 0.5) is 5.69 Å². The Morgan fingerprint density at radius 1 is 0.947 bits per heavy atom. The number of carbonyl (C=O) groups excluding carboxylic acids is 1. The second kappa shape index (κ2) is 6.81. The highest BCUT2D eigenvalue weighted by molar-refractivity contribution is 6.30. The fourth-order valence-electron chi connectivity index (χ4n) is 1.64. The summed E-state index contributed by atoms with van der Waals surface area (Å²) in [6.45, 7) is 1.23. The summed E-state index contributed by atoms with van der Waals surface area (Å²) in [7, 11) is 0. The first-order valence-electron chi connectivity index (χ1n) is 6.08. The normalized spacial score (nSPS) is 9.95. The van der Waals surface area contributed by atoms with E-state index in [-0.39, 0.29) is 5.91 Å². The fraction of sp³-hybridized carbons (Fsp3) is 0.133. The van der Waals surface area contributed by atoms with Crippen LogP contribution in [-0.2, 0) is 0 Å². The van der Waals surface area contributed by atoms with Gasteiger partial charge in [0.2, 0.25) is 0 Å². The molecule has 0 aromatic heterocycles. The molecule has 3 nitrogen and oxygen atoms in total. The molecule has 2 aromatic rings. The number of hydrogen-bond acceptors (Lipinski definition) is 2. The van der Waals surface area contributed by atoms with Crippen LogP contribution >= 0.6 is 11.6 Å². The fourth-order valence-corrected chi connectivity index (χ4v) is 1.77. The molecule has 0 aliphatic carbocycles. The van der Waals surface area contributed by atoms with Crippen LogP contribution in [0.25, 0.3) is 0 Å². The van der Waals surface area contributed by atoms with Crippen molar-refractivity contribution in [2.24, 2.45) is 0 Å². The molecule has 4 heteroatoms. The Morgan fingerprint density at radius 3 is 2.32 bits per heavy atom. The van der Waals surface area contributed by atoms with E-state index in [0.717, 1.165) is 5.69 Å². The first kappa shape index (κ1) is 13.4. The molecule has 0 unspecified atom stereocenters. The van der Waals surface area contributed by atoms with Gasteiger partial charge in [0.1, 0.15) is 0 Å². The van der Waals surface area contributed by atoms with E-state index in [1.54, 1.807) is 12.1 Å². The number of amides is 1. The Kier molecular flexibility index (Phi) is 4.81. The SMILES string of the molecule is O=C(NCCNc1ccc(Cl)cc1)c1ccccc1. The van der Waals surface area contributed by atoms with E-state index in [0.29, 0.717) is 23.7 Å². The zero-order chi connectivity index (χ0) is 13.5. The van der Waals surface area contributed by atoms with Crippen molar-refractivity contribution < 1.29 is 4.79 Å². The van der Waals surface area contributed by atoms with Gasteiger partial charge >= 0.3 is 0 Å². The van der Waals surface area contributed by atoms with Crippen LogP contribution in [0.1, 0.15) is 10.4 Å². The average molecular weight is 275 g/mol. The average Bonchev–Trinajstić information content (AvgIpc) is 2.46. The van der Waals surface area contributed by atoms with Crippen LogP contribution in [0.2, 0.25) is 5.02 Å². The van der Waals surface area contributed by atoms with Crippen LogP contribution in [0.3, 0.4) is 0 Å². The molecule has 2 aromatic carbocycles. The standard InChI is InChI=1S/C15H15ClN2O/c16-13-6-8-14(9-7-13)17-10-11-18-15(19)12-4-2-1-3-5-12/h1-9,17H,10-11H2,(H,18,19). The maximum atomic E-state index is 11.7. The molecular weight excluding hydrogens is 260 g/mol.